The number of carbonyl (C=O) groups excluding carboxylic acids is 1. The second-order valence-electron chi connectivity index (χ2n) is 8.46. The van der Waals surface area contributed by atoms with E-state index in [4.69, 9.17) is 0 Å². The third kappa shape index (κ3) is 3.82. The highest BCUT2D eigenvalue weighted by atomic mass is 19.4. The number of halogens is 7. The van der Waals surface area contributed by atoms with Crippen molar-refractivity contribution >= 4 is 11.6 Å². The van der Waals surface area contributed by atoms with Gasteiger partial charge in [0.1, 0.15) is 5.69 Å². The quantitative estimate of drug-likeness (QED) is 0.564. The van der Waals surface area contributed by atoms with Gasteiger partial charge in [-0.2, -0.15) is 18.3 Å². The van der Waals surface area contributed by atoms with Crippen molar-refractivity contribution in [3.05, 3.63) is 52.1 Å². The van der Waals surface area contributed by atoms with Gasteiger partial charge in [0, 0.05) is 34.7 Å². The van der Waals surface area contributed by atoms with E-state index in [1.54, 1.807) is 13.8 Å². The van der Waals surface area contributed by atoms with Crippen molar-refractivity contribution in [1.29, 1.82) is 0 Å². The molecule has 172 valence electrons. The molecule has 0 saturated carbocycles. The first-order valence-corrected chi connectivity index (χ1v) is 9.41. The number of hydrogen-bond donors (Lipinski definition) is 2. The number of ether oxygens (including phenoxy) is 1. The van der Waals surface area contributed by atoms with E-state index >= 15 is 0 Å². The van der Waals surface area contributed by atoms with Crippen LogP contribution >= 0.6 is 0 Å². The van der Waals surface area contributed by atoms with Gasteiger partial charge in [0.2, 0.25) is 0 Å². The average Bonchev–Trinajstić information content (AvgIpc) is 3.03. The number of fused-ring (bicyclic) bond motifs is 1. The van der Waals surface area contributed by atoms with Crippen molar-refractivity contribution in [2.24, 2.45) is 5.41 Å². The zero-order valence-corrected chi connectivity index (χ0v) is 16.6. The van der Waals surface area contributed by atoms with Crippen LogP contribution in [0.25, 0.3) is 0 Å². The summed E-state index contributed by atoms with van der Waals surface area (Å²) in [6, 6.07) is 2.74. The van der Waals surface area contributed by atoms with Gasteiger partial charge >= 0.3 is 12.5 Å². The lowest BCUT2D eigenvalue weighted by atomic mass is 9.69. The highest BCUT2D eigenvalue weighted by molar-refractivity contribution is 6.01. The Morgan fingerprint density at radius 3 is 2.44 bits per heavy atom. The lowest BCUT2D eigenvalue weighted by Gasteiger charge is -2.38. The molecule has 0 spiro atoms. The number of carbonyl (C=O) groups is 1. The molecule has 0 fully saturated rings. The fraction of sp³-hybridized carbons (Fsp3) is 0.400. The number of aromatic nitrogens is 2. The van der Waals surface area contributed by atoms with Gasteiger partial charge < -0.3 is 10.1 Å². The maximum Gasteiger partial charge on any atom is 0.573 e. The Morgan fingerprint density at radius 1 is 1.12 bits per heavy atom. The molecule has 2 aromatic rings. The standard InChI is InChI=1S/C20H16F7N3O2/c1-18(2)6-10-13(11(31)7-18)12(14-16(19(22,23)24)29-30-17(14)28-10)8-4-3-5-9(21)15(8)32-20(25,26)27/h3-5,12H,6-7H2,1-2H3,(H2,28,29,30). The number of benzene rings is 1. The Balaban J connectivity index is 2.02. The fourth-order valence-corrected chi connectivity index (χ4v) is 4.30. The Morgan fingerprint density at radius 2 is 1.81 bits per heavy atom. The number of nitrogens with zero attached hydrogens (tertiary/aromatic N) is 1. The number of hydrogen-bond acceptors (Lipinski definition) is 4. The molecule has 2 heterocycles. The molecule has 1 atom stereocenters. The molecule has 1 aliphatic carbocycles. The number of Topliss-reactive ketones (excluding diaryl/α,β-unsaturated/α-hetero) is 1. The summed E-state index contributed by atoms with van der Waals surface area (Å²) < 4.78 is 98.4. The van der Waals surface area contributed by atoms with E-state index in [9.17, 15) is 35.5 Å². The predicted molar refractivity (Wildman–Crippen MR) is 97.2 cm³/mol. The van der Waals surface area contributed by atoms with Crippen molar-refractivity contribution in [1.82, 2.24) is 10.2 Å². The highest BCUT2D eigenvalue weighted by Gasteiger charge is 2.48. The Bertz CT molecular complexity index is 1130. The third-order valence-corrected chi connectivity index (χ3v) is 5.38. The smallest absolute Gasteiger partial charge is 0.402 e. The Kier molecular flexibility index (Phi) is 4.83. The summed E-state index contributed by atoms with van der Waals surface area (Å²) >= 11 is 0. The number of nitrogens with one attached hydrogen (secondary N) is 2. The molecule has 1 unspecified atom stereocenters. The highest BCUT2D eigenvalue weighted by Crippen LogP contribution is 2.53. The van der Waals surface area contributed by atoms with Crippen LogP contribution in [0.3, 0.4) is 0 Å². The van der Waals surface area contributed by atoms with E-state index in [1.165, 1.54) is 0 Å². The summed E-state index contributed by atoms with van der Waals surface area (Å²) in [7, 11) is 0. The summed E-state index contributed by atoms with van der Waals surface area (Å²) in [5.74, 6) is -5.25. The van der Waals surface area contributed by atoms with E-state index in [2.05, 4.69) is 15.2 Å². The topological polar surface area (TPSA) is 67.0 Å². The van der Waals surface area contributed by atoms with Gasteiger partial charge in [-0.05, 0) is 17.9 Å². The summed E-state index contributed by atoms with van der Waals surface area (Å²) in [4.78, 5) is 13.0. The maximum atomic E-state index is 14.4. The minimum Gasteiger partial charge on any atom is -0.402 e. The van der Waals surface area contributed by atoms with Crippen molar-refractivity contribution in [3.63, 3.8) is 0 Å². The lowest BCUT2D eigenvalue weighted by Crippen LogP contribution is -2.34. The number of aromatic amines is 1. The van der Waals surface area contributed by atoms with Gasteiger partial charge in [0.25, 0.3) is 0 Å². The molecule has 12 heteroatoms. The molecule has 0 radical (unpaired) electrons. The van der Waals surface area contributed by atoms with Crippen LogP contribution in [0, 0.1) is 11.2 Å². The SMILES string of the molecule is CC1(C)CC(=O)C2=C(C1)Nc1n[nH]c(C(F)(F)F)c1C2c1cccc(F)c1OC(F)(F)F. The van der Waals surface area contributed by atoms with Gasteiger partial charge in [0.15, 0.2) is 23.2 Å². The summed E-state index contributed by atoms with van der Waals surface area (Å²) in [5, 5.41) is 8.20. The number of ketones is 1. The molecule has 1 aliphatic heterocycles. The van der Waals surface area contributed by atoms with E-state index in [0.29, 0.717) is 6.07 Å². The Hall–Kier alpha value is -3.05. The third-order valence-electron chi connectivity index (χ3n) is 5.38. The van der Waals surface area contributed by atoms with Gasteiger partial charge in [0.05, 0.1) is 0 Å². The van der Waals surface area contributed by atoms with Crippen LogP contribution in [-0.2, 0) is 11.0 Å². The molecule has 1 aromatic carbocycles. The van der Waals surface area contributed by atoms with Crippen molar-refractivity contribution in [2.75, 3.05) is 5.32 Å². The van der Waals surface area contributed by atoms with Crippen LogP contribution in [-0.4, -0.2) is 22.3 Å². The van der Waals surface area contributed by atoms with Crippen LogP contribution in [0.4, 0.5) is 36.6 Å². The summed E-state index contributed by atoms with van der Waals surface area (Å²) in [6.45, 7) is 3.54. The van der Waals surface area contributed by atoms with Crippen LogP contribution < -0.4 is 10.1 Å². The minimum atomic E-state index is -5.31. The van der Waals surface area contributed by atoms with Crippen molar-refractivity contribution < 1.29 is 40.3 Å². The lowest BCUT2D eigenvalue weighted by molar-refractivity contribution is -0.275. The Labute approximate surface area is 176 Å². The second-order valence-corrected chi connectivity index (χ2v) is 8.46. The molecule has 2 N–H and O–H groups in total. The van der Waals surface area contributed by atoms with Crippen LogP contribution in [0.1, 0.15) is 49.4 Å². The summed E-state index contributed by atoms with van der Waals surface area (Å²) in [6.07, 6.45) is -10.1. The molecule has 1 aromatic heterocycles. The van der Waals surface area contributed by atoms with Gasteiger partial charge in [-0.1, -0.05) is 26.0 Å². The first-order valence-electron chi connectivity index (χ1n) is 9.41. The van der Waals surface area contributed by atoms with Crippen LogP contribution in [0.2, 0.25) is 0 Å². The zero-order valence-electron chi connectivity index (χ0n) is 16.6. The second kappa shape index (κ2) is 6.97. The van der Waals surface area contributed by atoms with Crippen molar-refractivity contribution in [3.8, 4) is 5.75 Å². The van der Waals surface area contributed by atoms with Crippen LogP contribution in [0.5, 0.6) is 5.75 Å². The molecule has 0 saturated heterocycles. The van der Waals surface area contributed by atoms with E-state index in [0.717, 1.165) is 12.1 Å². The predicted octanol–water partition coefficient (Wildman–Crippen LogP) is 5.67. The molecule has 2 aliphatic rings. The molecule has 32 heavy (non-hydrogen) atoms. The van der Waals surface area contributed by atoms with E-state index in [1.807, 2.05) is 5.10 Å². The van der Waals surface area contributed by atoms with Gasteiger partial charge in [-0.15, -0.1) is 13.2 Å². The maximum absolute atomic E-state index is 14.4. The number of allylic oxidation sites excluding steroid dienone is 2. The number of para-hydroxylation sites is 1. The van der Waals surface area contributed by atoms with Crippen LogP contribution in [0.15, 0.2) is 29.5 Å². The molecular formula is C20H16F7N3O2. The number of anilines is 1. The van der Waals surface area contributed by atoms with E-state index in [-0.39, 0.29) is 29.9 Å². The largest absolute Gasteiger partial charge is 0.573 e. The molecule has 4 rings (SSSR count). The number of rotatable bonds is 2. The summed E-state index contributed by atoms with van der Waals surface area (Å²) in [5.41, 5.74) is -3.00. The first-order chi connectivity index (χ1) is 14.7. The normalized spacial score (nSPS) is 20.5. The monoisotopic (exact) mass is 463 g/mol. The minimum absolute atomic E-state index is 0.0523. The number of alkyl halides is 6. The first kappa shape index (κ1) is 22.2. The van der Waals surface area contributed by atoms with Crippen molar-refractivity contribution in [2.45, 2.75) is 45.1 Å². The van der Waals surface area contributed by atoms with Gasteiger partial charge in [-0.25, -0.2) is 4.39 Å². The van der Waals surface area contributed by atoms with Gasteiger partial charge in [-0.3, -0.25) is 9.89 Å². The average molecular weight is 463 g/mol. The molecule has 0 bridgehead atoms. The molecule has 5 nitrogen and oxygen atoms in total. The fourth-order valence-electron chi connectivity index (χ4n) is 4.30. The molecular weight excluding hydrogens is 447 g/mol. The van der Waals surface area contributed by atoms with E-state index < -0.39 is 58.0 Å². The zero-order chi connectivity index (χ0) is 23.6. The molecule has 0 amide bonds. The number of H-pyrrole nitrogens is 1.